The van der Waals surface area contributed by atoms with Crippen molar-refractivity contribution < 1.29 is 37.8 Å². The van der Waals surface area contributed by atoms with Gasteiger partial charge >= 0.3 is 77.9 Å². The van der Waals surface area contributed by atoms with E-state index in [9.17, 15) is 30.2 Å². The van der Waals surface area contributed by atoms with Crippen LogP contribution in [-0.2, 0) is 11.5 Å². The van der Waals surface area contributed by atoms with Crippen molar-refractivity contribution in [2.45, 2.75) is 12.4 Å². The fourth-order valence-corrected chi connectivity index (χ4v) is 1.37. The summed E-state index contributed by atoms with van der Waals surface area (Å²) in [7, 11) is 0. The van der Waals surface area contributed by atoms with Crippen molar-refractivity contribution in [2.24, 2.45) is 0 Å². The molecule has 0 aromatic carbocycles. The van der Waals surface area contributed by atoms with Gasteiger partial charge in [0, 0.05) is 0 Å². The van der Waals surface area contributed by atoms with Gasteiger partial charge in [0.2, 0.25) is 0 Å². The Kier molecular flexibility index (Phi) is 4.99. The Bertz CT molecular complexity index is 178. The molecule has 0 rings (SSSR count). The normalized spacial score (nSPS) is 13.6. The summed E-state index contributed by atoms with van der Waals surface area (Å²) in [4.78, 5) is 0. The van der Waals surface area contributed by atoms with Crippen LogP contribution in [0, 0.1) is 0 Å². The van der Waals surface area contributed by atoms with Crippen LogP contribution in [0.1, 0.15) is 0 Å². The first-order chi connectivity index (χ1) is 6.10. The maximum absolute atomic E-state index is 11.4. The van der Waals surface area contributed by atoms with Crippen LogP contribution in [-0.4, -0.2) is 40.1 Å². The van der Waals surface area contributed by atoms with Crippen molar-refractivity contribution in [1.29, 1.82) is 0 Å². The standard InChI is InChI=1S/C4H4F6O3Se/c5-3(6,7)1-12-14(11)13-2-4(8,9)10/h1-2H2. The molecule has 0 atom stereocenters. The van der Waals surface area contributed by atoms with Crippen molar-refractivity contribution in [2.75, 3.05) is 13.2 Å². The Labute approximate surface area is 78.7 Å². The summed E-state index contributed by atoms with van der Waals surface area (Å²) in [6, 6.07) is 0. The Morgan fingerprint density at radius 3 is 1.36 bits per heavy atom. The van der Waals surface area contributed by atoms with Crippen molar-refractivity contribution in [3.63, 3.8) is 0 Å². The minimum absolute atomic E-state index is 1.89. The van der Waals surface area contributed by atoms with Gasteiger partial charge in [0.25, 0.3) is 0 Å². The zero-order valence-corrected chi connectivity index (χ0v) is 8.03. The van der Waals surface area contributed by atoms with Crippen LogP contribution >= 0.6 is 0 Å². The first-order valence-corrected chi connectivity index (χ1v) is 5.02. The quantitative estimate of drug-likeness (QED) is 0.583. The Morgan fingerprint density at radius 1 is 0.857 bits per heavy atom. The molecule has 86 valence electrons. The summed E-state index contributed by atoms with van der Waals surface area (Å²) < 4.78 is 85.6. The van der Waals surface area contributed by atoms with Crippen LogP contribution in [0.25, 0.3) is 0 Å². The van der Waals surface area contributed by atoms with E-state index in [-0.39, 0.29) is 0 Å². The van der Waals surface area contributed by atoms with E-state index in [1.165, 1.54) is 0 Å². The molecular weight excluding hydrogens is 289 g/mol. The first-order valence-electron chi connectivity index (χ1n) is 2.92. The third-order valence-electron chi connectivity index (χ3n) is 0.638. The summed E-state index contributed by atoms with van der Waals surface area (Å²) in [5.74, 6) is 0. The van der Waals surface area contributed by atoms with Gasteiger partial charge in [0.15, 0.2) is 0 Å². The minimum atomic E-state index is -4.74. The van der Waals surface area contributed by atoms with E-state index >= 15 is 0 Å². The van der Waals surface area contributed by atoms with Gasteiger partial charge in [-0.1, -0.05) is 0 Å². The Hall–Kier alpha value is -0.181. The van der Waals surface area contributed by atoms with E-state index in [2.05, 4.69) is 7.64 Å². The summed E-state index contributed by atoms with van der Waals surface area (Å²) in [5, 5.41) is 0. The topological polar surface area (TPSA) is 35.5 Å². The van der Waals surface area contributed by atoms with Crippen LogP contribution in [0.2, 0.25) is 0 Å². The fourth-order valence-electron chi connectivity index (χ4n) is 0.264. The molecule has 0 aromatic heterocycles. The van der Waals surface area contributed by atoms with Gasteiger partial charge in [-0.3, -0.25) is 0 Å². The van der Waals surface area contributed by atoms with Crippen molar-refractivity contribution in [1.82, 2.24) is 0 Å². The fraction of sp³-hybridized carbons (Fsp3) is 1.00. The zero-order valence-electron chi connectivity index (χ0n) is 6.31. The zero-order chi connectivity index (χ0) is 11.4. The second kappa shape index (κ2) is 5.06. The molecule has 0 unspecified atom stereocenters. The molecule has 0 amide bonds. The van der Waals surface area contributed by atoms with Crippen molar-refractivity contribution in [3.05, 3.63) is 0 Å². The van der Waals surface area contributed by atoms with Crippen LogP contribution in [0.3, 0.4) is 0 Å². The van der Waals surface area contributed by atoms with Gasteiger partial charge < -0.3 is 0 Å². The number of rotatable bonds is 4. The number of alkyl halides is 6. The molecule has 0 N–H and O–H groups in total. The van der Waals surface area contributed by atoms with Crippen LogP contribution in [0.4, 0.5) is 26.3 Å². The third kappa shape index (κ3) is 9.90. The van der Waals surface area contributed by atoms with Crippen LogP contribution in [0.5, 0.6) is 0 Å². The van der Waals surface area contributed by atoms with Gasteiger partial charge in [-0.05, 0) is 0 Å². The predicted octanol–water partition coefficient (Wildman–Crippen LogP) is 1.56. The molecule has 10 heteroatoms. The summed E-state index contributed by atoms with van der Waals surface area (Å²) in [6.07, 6.45) is -9.48. The predicted molar refractivity (Wildman–Crippen MR) is 30.5 cm³/mol. The second-order valence-electron chi connectivity index (χ2n) is 1.96. The first kappa shape index (κ1) is 13.8. The molecule has 0 fully saturated rings. The number of hydrogen-bond acceptors (Lipinski definition) is 3. The summed E-state index contributed by atoms with van der Waals surface area (Å²) in [6.45, 7) is -3.78. The van der Waals surface area contributed by atoms with Crippen molar-refractivity contribution >= 4 is 14.5 Å². The SMILES string of the molecule is O=[Se](OCC(F)(F)F)OCC(F)(F)F. The molecule has 0 aliphatic heterocycles. The Morgan fingerprint density at radius 2 is 1.14 bits per heavy atom. The van der Waals surface area contributed by atoms with E-state index in [0.717, 1.165) is 0 Å². The van der Waals surface area contributed by atoms with Gasteiger partial charge in [0.05, 0.1) is 0 Å². The van der Waals surface area contributed by atoms with Crippen LogP contribution < -0.4 is 0 Å². The van der Waals surface area contributed by atoms with Gasteiger partial charge in [-0.15, -0.1) is 0 Å². The third-order valence-corrected chi connectivity index (χ3v) is 1.94. The Balaban J connectivity index is 3.68. The van der Waals surface area contributed by atoms with E-state index in [0.29, 0.717) is 0 Å². The number of halogens is 6. The van der Waals surface area contributed by atoms with E-state index in [4.69, 9.17) is 0 Å². The molecule has 3 nitrogen and oxygen atoms in total. The average molecular weight is 293 g/mol. The van der Waals surface area contributed by atoms with Gasteiger partial charge in [-0.2, -0.15) is 0 Å². The molecule has 0 aliphatic carbocycles. The maximum atomic E-state index is 11.4. The van der Waals surface area contributed by atoms with Crippen LogP contribution in [0.15, 0.2) is 0 Å². The molecule has 0 radical (unpaired) electrons. The molecule has 0 saturated heterocycles. The summed E-state index contributed by atoms with van der Waals surface area (Å²) in [5.41, 5.74) is 0. The molecule has 0 aromatic rings. The van der Waals surface area contributed by atoms with E-state index in [1.807, 2.05) is 0 Å². The molecule has 0 heterocycles. The molecule has 0 bridgehead atoms. The second-order valence-corrected chi connectivity index (χ2v) is 3.80. The van der Waals surface area contributed by atoms with E-state index in [1.54, 1.807) is 0 Å². The van der Waals surface area contributed by atoms with Crippen molar-refractivity contribution in [3.8, 4) is 0 Å². The number of hydrogen-bond donors (Lipinski definition) is 0. The molecule has 14 heavy (non-hydrogen) atoms. The van der Waals surface area contributed by atoms with Gasteiger partial charge in [-0.25, -0.2) is 0 Å². The monoisotopic (exact) mass is 294 g/mol. The molecule has 0 spiro atoms. The molecule has 0 aliphatic rings. The summed E-state index contributed by atoms with van der Waals surface area (Å²) >= 11 is -3.96. The molecule has 0 saturated carbocycles. The van der Waals surface area contributed by atoms with Gasteiger partial charge in [0.1, 0.15) is 0 Å². The van der Waals surface area contributed by atoms with E-state index < -0.39 is 40.1 Å². The molecular formula is C4H4F6O3Se. The average Bonchev–Trinajstić information content (AvgIpc) is 1.94.